The van der Waals surface area contributed by atoms with Crippen LogP contribution < -0.4 is 0 Å². The lowest BCUT2D eigenvalue weighted by Gasteiger charge is -2.02. The normalized spacial score (nSPS) is 11.3. The van der Waals surface area contributed by atoms with E-state index in [1.54, 1.807) is 0 Å². The zero-order valence-electron chi connectivity index (χ0n) is 12.9. The maximum Gasteiger partial charge on any atom is 0.0527 e. The van der Waals surface area contributed by atoms with Gasteiger partial charge >= 0.3 is 0 Å². The van der Waals surface area contributed by atoms with E-state index < -0.39 is 0 Å². The summed E-state index contributed by atoms with van der Waals surface area (Å²) in [6.45, 7) is 0. The molecule has 0 unspecified atom stereocenters. The van der Waals surface area contributed by atoms with Gasteiger partial charge in [0, 0.05) is 21.9 Å². The van der Waals surface area contributed by atoms with E-state index in [1.807, 2.05) is 22.7 Å². The third kappa shape index (κ3) is 2.11. The van der Waals surface area contributed by atoms with Crippen LogP contribution in [0, 0.1) is 0 Å². The van der Waals surface area contributed by atoms with Gasteiger partial charge < -0.3 is 0 Å². The first kappa shape index (κ1) is 14.0. The van der Waals surface area contributed by atoms with Gasteiger partial charge in [-0.05, 0) is 21.9 Å². The molecule has 0 nitrogen and oxygen atoms in total. The summed E-state index contributed by atoms with van der Waals surface area (Å²) in [7, 11) is 0. The van der Waals surface area contributed by atoms with E-state index in [0.29, 0.717) is 0 Å². The summed E-state index contributed by atoms with van der Waals surface area (Å²) in [6, 6.07) is 25.9. The summed E-state index contributed by atoms with van der Waals surface area (Å²) < 4.78 is 2.80. The zero-order chi connectivity index (χ0) is 15.9. The molecular formula is C22H14S2. The molecule has 0 aliphatic rings. The summed E-state index contributed by atoms with van der Waals surface area (Å²) in [4.78, 5) is 0. The molecule has 0 fully saturated rings. The third-order valence-electron chi connectivity index (χ3n) is 4.45. The Morgan fingerprint density at radius 1 is 0.458 bits per heavy atom. The lowest BCUT2D eigenvalue weighted by atomic mass is 10.0. The molecule has 0 amide bonds. The molecule has 0 aliphatic carbocycles. The van der Waals surface area contributed by atoms with Crippen LogP contribution in [0.15, 0.2) is 83.6 Å². The van der Waals surface area contributed by atoms with Crippen molar-refractivity contribution in [3.05, 3.63) is 83.6 Å². The van der Waals surface area contributed by atoms with Crippen LogP contribution in [0.2, 0.25) is 0 Å². The molecule has 2 aromatic heterocycles. The Morgan fingerprint density at radius 2 is 0.875 bits per heavy atom. The highest BCUT2D eigenvalue weighted by atomic mass is 32.1. The minimum Gasteiger partial charge on any atom is -0.142 e. The van der Waals surface area contributed by atoms with Crippen LogP contribution in [0.1, 0.15) is 0 Å². The van der Waals surface area contributed by atoms with Gasteiger partial charge in [-0.15, -0.1) is 22.7 Å². The lowest BCUT2D eigenvalue weighted by Crippen LogP contribution is -1.76. The molecule has 24 heavy (non-hydrogen) atoms. The van der Waals surface area contributed by atoms with E-state index >= 15 is 0 Å². The van der Waals surface area contributed by atoms with Gasteiger partial charge in [0.15, 0.2) is 0 Å². The molecule has 5 aromatic rings. The first-order chi connectivity index (χ1) is 11.9. The maximum atomic E-state index is 2.29. The van der Waals surface area contributed by atoms with Gasteiger partial charge in [0.25, 0.3) is 0 Å². The largest absolute Gasteiger partial charge is 0.142 e. The van der Waals surface area contributed by atoms with E-state index in [4.69, 9.17) is 0 Å². The van der Waals surface area contributed by atoms with Gasteiger partial charge in [0.05, 0.1) is 9.40 Å². The van der Waals surface area contributed by atoms with Crippen molar-refractivity contribution >= 4 is 42.8 Å². The van der Waals surface area contributed by atoms with Crippen LogP contribution >= 0.6 is 22.7 Å². The Morgan fingerprint density at radius 3 is 1.29 bits per heavy atom. The monoisotopic (exact) mass is 342 g/mol. The fraction of sp³-hybridized carbons (Fsp3) is 0. The number of rotatable bonds is 2. The Hall–Kier alpha value is -2.42. The number of hydrogen-bond donors (Lipinski definition) is 0. The standard InChI is InChI=1S/C22H14S2/c1-3-7-15(8-4-1)19-13-23-21-17(19)11-12-18-20(14-24-22(18)21)16-9-5-2-6-10-16/h1-14H. The van der Waals surface area contributed by atoms with Crippen molar-refractivity contribution in [3.63, 3.8) is 0 Å². The number of thiophene rings is 2. The summed E-state index contributed by atoms with van der Waals surface area (Å²) in [5.41, 5.74) is 5.27. The average Bonchev–Trinajstić information content (AvgIpc) is 3.27. The SMILES string of the molecule is c1ccc(-c2csc3c2ccc2c(-c4ccccc4)csc23)cc1. The second kappa shape index (κ2) is 5.59. The maximum absolute atomic E-state index is 2.29. The van der Waals surface area contributed by atoms with Crippen LogP contribution in [0.5, 0.6) is 0 Å². The molecule has 114 valence electrons. The molecule has 0 aliphatic heterocycles. The topological polar surface area (TPSA) is 0 Å². The van der Waals surface area contributed by atoms with Crippen LogP contribution in [0.25, 0.3) is 42.4 Å². The van der Waals surface area contributed by atoms with Crippen molar-refractivity contribution in [3.8, 4) is 22.3 Å². The Labute approximate surface area is 148 Å². The van der Waals surface area contributed by atoms with E-state index in [-0.39, 0.29) is 0 Å². The molecule has 0 bridgehead atoms. The molecule has 0 atom stereocenters. The predicted octanol–water partition coefficient (Wildman–Crippen LogP) is 7.45. The average molecular weight is 342 g/mol. The van der Waals surface area contributed by atoms with E-state index in [9.17, 15) is 0 Å². The van der Waals surface area contributed by atoms with Crippen LogP contribution in [-0.4, -0.2) is 0 Å². The molecule has 5 rings (SSSR count). The smallest absolute Gasteiger partial charge is 0.0527 e. The van der Waals surface area contributed by atoms with Gasteiger partial charge in [-0.1, -0.05) is 72.8 Å². The summed E-state index contributed by atoms with van der Waals surface area (Å²) >= 11 is 3.71. The van der Waals surface area contributed by atoms with E-state index in [0.717, 1.165) is 0 Å². The van der Waals surface area contributed by atoms with Crippen molar-refractivity contribution in [1.29, 1.82) is 0 Å². The molecule has 0 radical (unpaired) electrons. The van der Waals surface area contributed by atoms with Gasteiger partial charge in [-0.3, -0.25) is 0 Å². The van der Waals surface area contributed by atoms with Crippen molar-refractivity contribution in [2.45, 2.75) is 0 Å². The molecule has 2 heteroatoms. The van der Waals surface area contributed by atoms with Gasteiger partial charge in [-0.2, -0.15) is 0 Å². The summed E-state index contributed by atoms with van der Waals surface area (Å²) in [5, 5.41) is 7.31. The number of hydrogen-bond acceptors (Lipinski definition) is 2. The fourth-order valence-corrected chi connectivity index (χ4v) is 5.60. The molecular weight excluding hydrogens is 328 g/mol. The van der Waals surface area contributed by atoms with Gasteiger partial charge in [-0.25, -0.2) is 0 Å². The third-order valence-corrected chi connectivity index (χ3v) is 6.61. The molecule has 0 saturated carbocycles. The van der Waals surface area contributed by atoms with Crippen LogP contribution in [0.3, 0.4) is 0 Å². The van der Waals surface area contributed by atoms with Gasteiger partial charge in [0.2, 0.25) is 0 Å². The Kier molecular flexibility index (Phi) is 3.25. The zero-order valence-corrected chi connectivity index (χ0v) is 14.5. The van der Waals surface area contributed by atoms with Crippen LogP contribution in [0.4, 0.5) is 0 Å². The van der Waals surface area contributed by atoms with Crippen molar-refractivity contribution < 1.29 is 0 Å². The van der Waals surface area contributed by atoms with Crippen molar-refractivity contribution in [2.24, 2.45) is 0 Å². The molecule has 0 saturated heterocycles. The highest BCUT2D eigenvalue weighted by Crippen LogP contribution is 2.43. The lowest BCUT2D eigenvalue weighted by molar-refractivity contribution is 1.69. The highest BCUT2D eigenvalue weighted by Gasteiger charge is 2.13. The fourth-order valence-electron chi connectivity index (χ4n) is 3.27. The molecule has 0 spiro atoms. The van der Waals surface area contributed by atoms with Gasteiger partial charge in [0.1, 0.15) is 0 Å². The Balaban J connectivity index is 1.76. The predicted molar refractivity (Wildman–Crippen MR) is 108 cm³/mol. The quantitative estimate of drug-likeness (QED) is 0.312. The summed E-state index contributed by atoms with van der Waals surface area (Å²) in [5.74, 6) is 0. The minimum absolute atomic E-state index is 1.29. The second-order valence-electron chi connectivity index (χ2n) is 5.85. The van der Waals surface area contributed by atoms with E-state index in [1.165, 1.54) is 42.4 Å². The van der Waals surface area contributed by atoms with E-state index in [2.05, 4.69) is 83.6 Å². The number of benzene rings is 3. The first-order valence-electron chi connectivity index (χ1n) is 7.94. The molecule has 2 heterocycles. The molecule has 3 aromatic carbocycles. The minimum atomic E-state index is 1.29. The van der Waals surface area contributed by atoms with Crippen molar-refractivity contribution in [2.75, 3.05) is 0 Å². The van der Waals surface area contributed by atoms with Crippen LogP contribution in [-0.2, 0) is 0 Å². The highest BCUT2D eigenvalue weighted by molar-refractivity contribution is 7.26. The second-order valence-corrected chi connectivity index (χ2v) is 7.61. The Bertz CT molecular complexity index is 1040. The summed E-state index contributed by atoms with van der Waals surface area (Å²) in [6.07, 6.45) is 0. The first-order valence-corrected chi connectivity index (χ1v) is 9.70. The number of fused-ring (bicyclic) bond motifs is 3. The molecule has 0 N–H and O–H groups in total. The van der Waals surface area contributed by atoms with Crippen molar-refractivity contribution in [1.82, 2.24) is 0 Å².